The molecule has 0 aliphatic carbocycles. The summed E-state index contributed by atoms with van der Waals surface area (Å²) in [4.78, 5) is 11.9. The lowest BCUT2D eigenvalue weighted by Gasteiger charge is -2.03. The van der Waals surface area contributed by atoms with Gasteiger partial charge in [-0.2, -0.15) is 0 Å². The molecular weight excluding hydrogens is 186 g/mol. The SMILES string of the molecule is CNC(=O)Oc1cccc(SC)c1. The first-order chi connectivity index (χ1) is 6.26. The van der Waals surface area contributed by atoms with Crippen LogP contribution in [0.25, 0.3) is 0 Å². The fraction of sp³-hybridized carbons (Fsp3) is 0.222. The van der Waals surface area contributed by atoms with Gasteiger partial charge in [-0.3, -0.25) is 0 Å². The summed E-state index contributed by atoms with van der Waals surface area (Å²) in [6.45, 7) is 0. The third-order valence-corrected chi connectivity index (χ3v) is 2.18. The first kappa shape index (κ1) is 9.92. The van der Waals surface area contributed by atoms with Gasteiger partial charge in [-0.1, -0.05) is 6.07 Å². The monoisotopic (exact) mass is 197 g/mol. The Hall–Kier alpha value is -1.16. The summed E-state index contributed by atoms with van der Waals surface area (Å²) in [5.74, 6) is 0.561. The van der Waals surface area contributed by atoms with E-state index in [1.54, 1.807) is 17.8 Å². The molecule has 1 amide bonds. The van der Waals surface area contributed by atoms with Crippen molar-refractivity contribution in [3.05, 3.63) is 24.3 Å². The number of thioether (sulfide) groups is 1. The summed E-state index contributed by atoms with van der Waals surface area (Å²) in [7, 11) is 1.53. The van der Waals surface area contributed by atoms with Crippen LogP contribution < -0.4 is 10.1 Å². The highest BCUT2D eigenvalue weighted by molar-refractivity contribution is 7.98. The summed E-state index contributed by atoms with van der Waals surface area (Å²) in [6, 6.07) is 7.38. The lowest BCUT2D eigenvalue weighted by molar-refractivity contribution is 0.203. The topological polar surface area (TPSA) is 38.3 Å². The number of ether oxygens (including phenoxy) is 1. The largest absolute Gasteiger partial charge is 0.412 e. The second-order valence-electron chi connectivity index (χ2n) is 2.32. The third kappa shape index (κ3) is 2.99. The van der Waals surface area contributed by atoms with Crippen LogP contribution in [0.1, 0.15) is 0 Å². The van der Waals surface area contributed by atoms with Gasteiger partial charge in [0.05, 0.1) is 0 Å². The fourth-order valence-electron chi connectivity index (χ4n) is 0.823. The van der Waals surface area contributed by atoms with Crippen molar-refractivity contribution in [2.24, 2.45) is 0 Å². The van der Waals surface area contributed by atoms with Crippen molar-refractivity contribution in [1.29, 1.82) is 0 Å². The average molecular weight is 197 g/mol. The maximum atomic E-state index is 10.8. The predicted octanol–water partition coefficient (Wildman–Crippen LogP) is 2.13. The average Bonchev–Trinajstić information content (AvgIpc) is 2.18. The molecule has 13 heavy (non-hydrogen) atoms. The fourth-order valence-corrected chi connectivity index (χ4v) is 1.27. The van der Waals surface area contributed by atoms with Crippen molar-refractivity contribution < 1.29 is 9.53 Å². The van der Waals surface area contributed by atoms with E-state index >= 15 is 0 Å². The van der Waals surface area contributed by atoms with Gasteiger partial charge in [-0.05, 0) is 24.5 Å². The number of benzene rings is 1. The Morgan fingerprint density at radius 2 is 2.31 bits per heavy atom. The molecular formula is C9H11NO2S. The Balaban J connectivity index is 2.71. The molecule has 1 aromatic carbocycles. The normalized spacial score (nSPS) is 9.38. The summed E-state index contributed by atoms with van der Waals surface area (Å²) in [6.07, 6.45) is 1.53. The Bertz CT molecular complexity index is 301. The van der Waals surface area contributed by atoms with E-state index < -0.39 is 6.09 Å². The quantitative estimate of drug-likeness (QED) is 0.738. The maximum Gasteiger partial charge on any atom is 0.412 e. The van der Waals surface area contributed by atoms with Gasteiger partial charge < -0.3 is 10.1 Å². The van der Waals surface area contributed by atoms with Crippen LogP contribution in [-0.2, 0) is 0 Å². The molecule has 0 atom stereocenters. The van der Waals surface area contributed by atoms with Gasteiger partial charge in [0.25, 0.3) is 0 Å². The van der Waals surface area contributed by atoms with Gasteiger partial charge in [-0.25, -0.2) is 4.79 Å². The first-order valence-electron chi connectivity index (χ1n) is 3.80. The summed E-state index contributed by atoms with van der Waals surface area (Å²) in [5, 5.41) is 2.38. The van der Waals surface area contributed by atoms with Gasteiger partial charge in [0.2, 0.25) is 0 Å². The molecule has 0 saturated heterocycles. The summed E-state index contributed by atoms with van der Waals surface area (Å²) in [5.41, 5.74) is 0. The van der Waals surface area contributed by atoms with Crippen LogP contribution >= 0.6 is 11.8 Å². The van der Waals surface area contributed by atoms with Crippen LogP contribution in [0.5, 0.6) is 5.75 Å². The van der Waals surface area contributed by atoms with E-state index in [0.29, 0.717) is 5.75 Å². The Labute approximate surface area is 81.5 Å². The lowest BCUT2D eigenvalue weighted by atomic mass is 10.3. The van der Waals surface area contributed by atoms with E-state index in [1.165, 1.54) is 7.05 Å². The minimum atomic E-state index is -0.446. The molecule has 0 aliphatic heterocycles. The van der Waals surface area contributed by atoms with Crippen molar-refractivity contribution in [2.45, 2.75) is 4.90 Å². The second kappa shape index (κ2) is 4.77. The van der Waals surface area contributed by atoms with Crippen molar-refractivity contribution in [3.8, 4) is 5.75 Å². The van der Waals surface area contributed by atoms with Crippen LogP contribution in [0.3, 0.4) is 0 Å². The summed E-state index contributed by atoms with van der Waals surface area (Å²) < 4.78 is 4.94. The molecule has 0 spiro atoms. The molecule has 0 aliphatic rings. The number of nitrogens with one attached hydrogen (secondary N) is 1. The molecule has 0 radical (unpaired) electrons. The van der Waals surface area contributed by atoms with Crippen molar-refractivity contribution >= 4 is 17.9 Å². The molecule has 1 rings (SSSR count). The number of hydrogen-bond donors (Lipinski definition) is 1. The molecule has 0 saturated carbocycles. The Morgan fingerprint density at radius 3 is 2.92 bits per heavy atom. The minimum Gasteiger partial charge on any atom is -0.410 e. The number of hydrogen-bond acceptors (Lipinski definition) is 3. The minimum absolute atomic E-state index is 0.446. The van der Waals surface area contributed by atoms with Crippen molar-refractivity contribution in [3.63, 3.8) is 0 Å². The molecule has 1 N–H and O–H groups in total. The number of carbonyl (C=O) groups excluding carboxylic acids is 1. The molecule has 1 aromatic rings. The van der Waals surface area contributed by atoms with E-state index in [-0.39, 0.29) is 0 Å². The molecule has 0 heterocycles. The predicted molar refractivity (Wildman–Crippen MR) is 53.3 cm³/mol. The third-order valence-electron chi connectivity index (χ3n) is 1.46. The molecule has 70 valence electrons. The highest BCUT2D eigenvalue weighted by atomic mass is 32.2. The van der Waals surface area contributed by atoms with Gasteiger partial charge >= 0.3 is 6.09 Å². The molecule has 0 fully saturated rings. The van der Waals surface area contributed by atoms with E-state index in [2.05, 4.69) is 5.32 Å². The lowest BCUT2D eigenvalue weighted by Crippen LogP contribution is -2.21. The van der Waals surface area contributed by atoms with Crippen LogP contribution in [-0.4, -0.2) is 19.4 Å². The van der Waals surface area contributed by atoms with E-state index in [9.17, 15) is 4.79 Å². The van der Waals surface area contributed by atoms with Crippen LogP contribution in [0.2, 0.25) is 0 Å². The number of rotatable bonds is 2. The second-order valence-corrected chi connectivity index (χ2v) is 3.20. The van der Waals surface area contributed by atoms with E-state index in [0.717, 1.165) is 4.90 Å². The van der Waals surface area contributed by atoms with Gasteiger partial charge in [0.15, 0.2) is 0 Å². The maximum absolute atomic E-state index is 10.8. The van der Waals surface area contributed by atoms with Crippen molar-refractivity contribution in [2.75, 3.05) is 13.3 Å². The number of carbonyl (C=O) groups is 1. The zero-order valence-electron chi connectivity index (χ0n) is 7.53. The van der Waals surface area contributed by atoms with Crippen LogP contribution in [0.4, 0.5) is 4.79 Å². The van der Waals surface area contributed by atoms with Crippen LogP contribution in [0.15, 0.2) is 29.2 Å². The zero-order chi connectivity index (χ0) is 9.68. The van der Waals surface area contributed by atoms with Gasteiger partial charge in [-0.15, -0.1) is 11.8 Å². The Kier molecular flexibility index (Phi) is 3.64. The van der Waals surface area contributed by atoms with Crippen LogP contribution in [0, 0.1) is 0 Å². The number of amides is 1. The van der Waals surface area contributed by atoms with Gasteiger partial charge in [0, 0.05) is 11.9 Å². The highest BCUT2D eigenvalue weighted by Gasteiger charge is 2.00. The Morgan fingerprint density at radius 1 is 1.54 bits per heavy atom. The zero-order valence-corrected chi connectivity index (χ0v) is 8.35. The molecule has 3 nitrogen and oxygen atoms in total. The van der Waals surface area contributed by atoms with Gasteiger partial charge in [0.1, 0.15) is 5.75 Å². The smallest absolute Gasteiger partial charge is 0.410 e. The molecule has 4 heteroatoms. The summed E-state index contributed by atoms with van der Waals surface area (Å²) >= 11 is 1.61. The van der Waals surface area contributed by atoms with Crippen molar-refractivity contribution in [1.82, 2.24) is 5.32 Å². The first-order valence-corrected chi connectivity index (χ1v) is 5.02. The van der Waals surface area contributed by atoms with E-state index in [4.69, 9.17) is 4.74 Å². The molecule has 0 bridgehead atoms. The van der Waals surface area contributed by atoms with E-state index in [1.807, 2.05) is 24.5 Å². The standard InChI is InChI=1S/C9H11NO2S/c1-10-9(11)12-7-4-3-5-8(6-7)13-2/h3-6H,1-2H3,(H,10,11). The highest BCUT2D eigenvalue weighted by Crippen LogP contribution is 2.20. The molecule has 0 aromatic heterocycles. The molecule has 0 unspecified atom stereocenters.